The van der Waals surface area contributed by atoms with Crippen molar-refractivity contribution in [3.63, 3.8) is 0 Å². The number of aliphatic carboxylic acids is 1. The van der Waals surface area contributed by atoms with Crippen LogP contribution in [0.1, 0.15) is 6.42 Å². The van der Waals surface area contributed by atoms with Crippen molar-refractivity contribution < 1.29 is 29.3 Å². The number of nitrogens with zero attached hydrogens (tertiary/aromatic N) is 1. The molecule has 24 heavy (non-hydrogen) atoms. The molecule has 0 saturated carbocycles. The Morgan fingerprint density at radius 2 is 2.08 bits per heavy atom. The van der Waals surface area contributed by atoms with Gasteiger partial charge in [-0.15, -0.1) is 0 Å². The summed E-state index contributed by atoms with van der Waals surface area (Å²) in [5.41, 5.74) is 0.394. The van der Waals surface area contributed by atoms with Gasteiger partial charge in [-0.2, -0.15) is 0 Å². The number of ether oxygens (including phenoxy) is 1. The molecule has 2 amide bonds. The maximum absolute atomic E-state index is 12.1. The molecule has 0 radical (unpaired) electrons. The summed E-state index contributed by atoms with van der Waals surface area (Å²) in [5.74, 6) is -1.57. The van der Waals surface area contributed by atoms with E-state index in [4.69, 9.17) is 9.84 Å². The zero-order valence-corrected chi connectivity index (χ0v) is 13.2. The number of amides is 2. The maximum Gasteiger partial charge on any atom is 0.357 e. The summed E-state index contributed by atoms with van der Waals surface area (Å²) in [4.78, 5) is 35.1. The molecule has 0 bridgehead atoms. The lowest BCUT2D eigenvalue weighted by Crippen LogP contribution is -2.57. The molecule has 1 aromatic rings. The number of anilines is 1. The molecule has 0 aromatic heterocycles. The van der Waals surface area contributed by atoms with Crippen LogP contribution in [0.5, 0.6) is 5.75 Å². The van der Waals surface area contributed by atoms with E-state index in [1.807, 2.05) is 0 Å². The predicted molar refractivity (Wildman–Crippen MR) is 84.8 cm³/mol. The number of nitrogens with one attached hydrogen (secondary N) is 1. The summed E-state index contributed by atoms with van der Waals surface area (Å²) >= 11 is 1.16. The number of benzene rings is 1. The van der Waals surface area contributed by atoms with Crippen molar-refractivity contribution in [3.8, 4) is 5.75 Å². The Morgan fingerprint density at radius 1 is 1.38 bits per heavy atom. The molecule has 1 aromatic carbocycles. The molecule has 0 spiro atoms. The molecule has 2 heterocycles. The number of hydrogen-bond donors (Lipinski definition) is 3. The molecule has 3 N–H and O–H groups in total. The summed E-state index contributed by atoms with van der Waals surface area (Å²) in [6.07, 6.45) is 0.838. The van der Waals surface area contributed by atoms with Crippen LogP contribution in [0.3, 0.4) is 0 Å². The van der Waals surface area contributed by atoms with Gasteiger partial charge in [0.2, 0.25) is 12.3 Å². The molecule has 2 aliphatic heterocycles. The van der Waals surface area contributed by atoms with E-state index >= 15 is 0 Å². The number of carbonyl (C=O) groups excluding carboxylic acids is 2. The van der Waals surface area contributed by atoms with Gasteiger partial charge in [0, 0.05) is 12.3 Å². The number of thioether (sulfide) groups is 1. The normalized spacial score (nSPS) is 22.0. The zero-order chi connectivity index (χ0) is 17.3. The number of fused-ring (bicyclic) bond motifs is 1. The standard InChI is InChI=1S/C15H14N2O6S/c18-6-5-10-12(20)17-11(14(21)22)15(24-13(10)17)23-9-3-1-8(2-4-9)16-7-19/h1-4,7,10,13,18H,5-6H2,(H,16,19)(H,21,22)/t10-,13+/m0/s1. The Morgan fingerprint density at radius 3 is 2.67 bits per heavy atom. The van der Waals surface area contributed by atoms with Crippen molar-refractivity contribution in [2.24, 2.45) is 5.92 Å². The van der Waals surface area contributed by atoms with E-state index < -0.39 is 11.9 Å². The van der Waals surface area contributed by atoms with Crippen LogP contribution in [0.4, 0.5) is 5.69 Å². The fourth-order valence-corrected chi connectivity index (χ4v) is 4.01. The Balaban J connectivity index is 1.80. The van der Waals surface area contributed by atoms with Gasteiger partial charge in [0.1, 0.15) is 11.1 Å². The first-order valence-electron chi connectivity index (χ1n) is 7.13. The molecular formula is C15H14N2O6S. The number of carboxylic acids is 1. The van der Waals surface area contributed by atoms with Crippen LogP contribution in [-0.4, -0.2) is 45.4 Å². The van der Waals surface area contributed by atoms with Crippen LogP contribution in [0.25, 0.3) is 0 Å². The second kappa shape index (κ2) is 6.54. The Bertz CT molecular complexity index is 717. The topological polar surface area (TPSA) is 116 Å². The molecule has 2 aliphatic rings. The lowest BCUT2D eigenvalue weighted by atomic mass is 9.94. The minimum Gasteiger partial charge on any atom is -0.476 e. The van der Waals surface area contributed by atoms with E-state index in [-0.39, 0.29) is 28.7 Å². The number of aliphatic hydroxyl groups excluding tert-OH is 1. The second-order valence-corrected chi connectivity index (χ2v) is 6.25. The van der Waals surface area contributed by atoms with E-state index in [0.717, 1.165) is 11.8 Å². The number of hydrogen-bond acceptors (Lipinski definition) is 6. The average molecular weight is 350 g/mol. The minimum absolute atomic E-state index is 0.134. The van der Waals surface area contributed by atoms with Gasteiger partial charge in [0.25, 0.3) is 0 Å². The van der Waals surface area contributed by atoms with Crippen LogP contribution >= 0.6 is 11.8 Å². The van der Waals surface area contributed by atoms with Crippen LogP contribution in [0, 0.1) is 5.92 Å². The SMILES string of the molecule is O=CNc1ccc(OC2=C(C(=O)O)N3C(=O)[C@H](CCO)[C@H]3S2)cc1. The second-order valence-electron chi connectivity index (χ2n) is 5.17. The molecule has 9 heteroatoms. The van der Waals surface area contributed by atoms with Gasteiger partial charge in [-0.05, 0) is 30.7 Å². The molecular weight excluding hydrogens is 336 g/mol. The molecule has 1 saturated heterocycles. The Hall–Kier alpha value is -2.52. The molecule has 8 nitrogen and oxygen atoms in total. The summed E-state index contributed by atoms with van der Waals surface area (Å²) in [6, 6.07) is 6.39. The number of β-lactam (4-membered cyclic amide) rings is 1. The van der Waals surface area contributed by atoms with Gasteiger partial charge in [-0.3, -0.25) is 14.5 Å². The molecule has 3 rings (SSSR count). The van der Waals surface area contributed by atoms with Gasteiger partial charge < -0.3 is 20.3 Å². The smallest absolute Gasteiger partial charge is 0.357 e. The third kappa shape index (κ3) is 2.72. The first-order chi connectivity index (χ1) is 11.6. The zero-order valence-electron chi connectivity index (χ0n) is 12.3. The third-order valence-corrected chi connectivity index (χ3v) is 5.02. The highest BCUT2D eigenvalue weighted by molar-refractivity contribution is 8.03. The highest BCUT2D eigenvalue weighted by Gasteiger charge is 2.56. The summed E-state index contributed by atoms with van der Waals surface area (Å²) < 4.78 is 5.63. The number of carboxylic acid groups (broad SMARTS) is 1. The predicted octanol–water partition coefficient (Wildman–Crippen LogP) is 0.801. The van der Waals surface area contributed by atoms with Crippen molar-refractivity contribution >= 4 is 35.7 Å². The van der Waals surface area contributed by atoms with E-state index in [2.05, 4.69) is 5.32 Å². The molecule has 126 valence electrons. The largest absolute Gasteiger partial charge is 0.476 e. The van der Waals surface area contributed by atoms with E-state index in [0.29, 0.717) is 24.3 Å². The van der Waals surface area contributed by atoms with Crippen LogP contribution in [0.2, 0.25) is 0 Å². The van der Waals surface area contributed by atoms with Crippen molar-refractivity contribution in [2.45, 2.75) is 11.8 Å². The van der Waals surface area contributed by atoms with Crippen molar-refractivity contribution in [1.82, 2.24) is 4.90 Å². The van der Waals surface area contributed by atoms with Crippen LogP contribution in [-0.2, 0) is 14.4 Å². The molecule has 1 fully saturated rings. The van der Waals surface area contributed by atoms with Gasteiger partial charge in [-0.1, -0.05) is 11.8 Å². The highest BCUT2D eigenvalue weighted by atomic mass is 32.2. The van der Waals surface area contributed by atoms with Gasteiger partial charge in [0.15, 0.2) is 10.8 Å². The number of rotatable bonds is 7. The first-order valence-corrected chi connectivity index (χ1v) is 8.01. The average Bonchev–Trinajstić information content (AvgIpc) is 2.90. The van der Waals surface area contributed by atoms with Crippen molar-refractivity contribution in [1.29, 1.82) is 0 Å². The fourth-order valence-electron chi connectivity index (χ4n) is 2.62. The van der Waals surface area contributed by atoms with E-state index in [1.165, 1.54) is 4.90 Å². The van der Waals surface area contributed by atoms with Crippen molar-refractivity contribution in [3.05, 3.63) is 35.1 Å². The Labute approximate surface area is 141 Å². The quantitative estimate of drug-likeness (QED) is 0.492. The van der Waals surface area contributed by atoms with Crippen molar-refractivity contribution in [2.75, 3.05) is 11.9 Å². The lowest BCUT2D eigenvalue weighted by Gasteiger charge is -2.41. The fraction of sp³-hybridized carbons (Fsp3) is 0.267. The van der Waals surface area contributed by atoms with E-state index in [1.54, 1.807) is 24.3 Å². The Kier molecular flexibility index (Phi) is 4.45. The summed E-state index contributed by atoms with van der Waals surface area (Å²) in [7, 11) is 0. The molecule has 0 unspecified atom stereocenters. The lowest BCUT2D eigenvalue weighted by molar-refractivity contribution is -0.152. The van der Waals surface area contributed by atoms with Gasteiger partial charge in [0.05, 0.1) is 5.92 Å². The number of aliphatic hydroxyl groups is 1. The van der Waals surface area contributed by atoms with E-state index in [9.17, 15) is 19.5 Å². The maximum atomic E-state index is 12.1. The minimum atomic E-state index is -1.24. The third-order valence-electron chi connectivity index (χ3n) is 3.75. The van der Waals surface area contributed by atoms with Gasteiger partial charge in [-0.25, -0.2) is 4.79 Å². The van der Waals surface area contributed by atoms with Gasteiger partial charge >= 0.3 is 5.97 Å². The first kappa shape index (κ1) is 16.3. The molecule has 2 atom stereocenters. The molecule has 0 aliphatic carbocycles. The number of carbonyl (C=O) groups is 3. The van der Waals surface area contributed by atoms with Crippen LogP contribution in [0.15, 0.2) is 35.1 Å². The highest BCUT2D eigenvalue weighted by Crippen LogP contribution is 2.50. The monoisotopic (exact) mass is 350 g/mol. The summed E-state index contributed by atoms with van der Waals surface area (Å²) in [6.45, 7) is -0.134. The summed E-state index contributed by atoms with van der Waals surface area (Å²) in [5, 5.41) is 20.7. The van der Waals surface area contributed by atoms with Crippen LogP contribution < -0.4 is 10.1 Å².